The highest BCUT2D eigenvalue weighted by atomic mass is 19.1. The molecule has 1 fully saturated rings. The minimum Gasteiger partial charge on any atom is -0.371 e. The summed E-state index contributed by atoms with van der Waals surface area (Å²) >= 11 is 0. The monoisotopic (exact) mass is 209 g/mol. The Morgan fingerprint density at radius 3 is 2.20 bits per heavy atom. The van der Waals surface area contributed by atoms with Crippen LogP contribution in [0.4, 0.5) is 8.78 Å². The molecular formula is C12H13F2N. The molecule has 1 heterocycles. The maximum Gasteiger partial charge on any atom is 0.135 e. The Morgan fingerprint density at radius 1 is 1.13 bits per heavy atom. The Labute approximate surface area is 88.0 Å². The molecule has 0 aliphatic carbocycles. The Bertz CT molecular complexity index is 361. The summed E-state index contributed by atoms with van der Waals surface area (Å²) in [7, 11) is 0. The van der Waals surface area contributed by atoms with Gasteiger partial charge in [-0.1, -0.05) is 12.6 Å². The van der Waals surface area contributed by atoms with Crippen molar-refractivity contribution in [2.24, 2.45) is 0 Å². The molecule has 0 amide bonds. The lowest BCUT2D eigenvalue weighted by Crippen LogP contribution is -2.18. The summed E-state index contributed by atoms with van der Waals surface area (Å²) in [5.74, 6) is -1.07. The highest BCUT2D eigenvalue weighted by molar-refractivity contribution is 5.63. The Hall–Kier alpha value is -1.38. The van der Waals surface area contributed by atoms with Gasteiger partial charge in [-0.25, -0.2) is 8.78 Å². The number of nitrogens with zero attached hydrogens (tertiary/aromatic N) is 1. The van der Waals surface area contributed by atoms with E-state index in [1.54, 1.807) is 0 Å². The van der Waals surface area contributed by atoms with Crippen LogP contribution in [0.3, 0.4) is 0 Å². The summed E-state index contributed by atoms with van der Waals surface area (Å²) in [6.45, 7) is 5.45. The van der Waals surface area contributed by atoms with Gasteiger partial charge in [0.2, 0.25) is 0 Å². The van der Waals surface area contributed by atoms with Crippen molar-refractivity contribution in [2.45, 2.75) is 12.8 Å². The zero-order valence-electron chi connectivity index (χ0n) is 8.47. The van der Waals surface area contributed by atoms with Gasteiger partial charge in [-0.05, 0) is 25.0 Å². The third-order valence-corrected chi connectivity index (χ3v) is 2.74. The van der Waals surface area contributed by atoms with Crippen molar-refractivity contribution in [3.63, 3.8) is 0 Å². The van der Waals surface area contributed by atoms with Crippen LogP contribution in [-0.4, -0.2) is 18.0 Å². The molecule has 1 nitrogen and oxygen atoms in total. The third-order valence-electron chi connectivity index (χ3n) is 2.74. The van der Waals surface area contributed by atoms with E-state index >= 15 is 0 Å². The topological polar surface area (TPSA) is 3.24 Å². The lowest BCUT2D eigenvalue weighted by Gasteiger charge is -2.21. The summed E-state index contributed by atoms with van der Waals surface area (Å²) in [4.78, 5) is 1.93. The van der Waals surface area contributed by atoms with Gasteiger partial charge in [-0.15, -0.1) is 0 Å². The van der Waals surface area contributed by atoms with Crippen LogP contribution in [0.2, 0.25) is 0 Å². The Balaban J connectivity index is 2.32. The molecular weight excluding hydrogens is 196 g/mol. The van der Waals surface area contributed by atoms with Gasteiger partial charge in [0.25, 0.3) is 0 Å². The Morgan fingerprint density at radius 2 is 1.67 bits per heavy atom. The second-order valence-corrected chi connectivity index (χ2v) is 3.74. The van der Waals surface area contributed by atoms with Crippen LogP contribution in [0.1, 0.15) is 18.4 Å². The normalized spacial score (nSPS) is 15.7. The van der Waals surface area contributed by atoms with Crippen molar-refractivity contribution in [2.75, 3.05) is 13.1 Å². The number of hydrogen-bond acceptors (Lipinski definition) is 1. The molecule has 0 aromatic heterocycles. The summed E-state index contributed by atoms with van der Waals surface area (Å²) < 4.78 is 26.9. The standard InChI is InChI=1S/C12H13F2N/c1-9(15-7-2-3-8-15)12-10(13)5-4-6-11(12)14/h4-6H,1-3,7-8H2. The SMILES string of the molecule is C=C(c1c(F)cccc1F)N1CCCC1. The fourth-order valence-electron chi connectivity index (χ4n) is 1.92. The van der Waals surface area contributed by atoms with Crippen LogP contribution < -0.4 is 0 Å². The number of benzene rings is 1. The molecule has 0 saturated carbocycles. The van der Waals surface area contributed by atoms with Gasteiger partial charge in [0.05, 0.1) is 5.56 Å². The van der Waals surface area contributed by atoms with Crippen LogP contribution in [-0.2, 0) is 0 Å². The molecule has 0 unspecified atom stereocenters. The average molecular weight is 209 g/mol. The zero-order chi connectivity index (χ0) is 10.8. The van der Waals surface area contributed by atoms with E-state index in [1.165, 1.54) is 18.2 Å². The largest absolute Gasteiger partial charge is 0.371 e. The second kappa shape index (κ2) is 4.01. The summed E-state index contributed by atoms with van der Waals surface area (Å²) in [5.41, 5.74) is 0.475. The van der Waals surface area contributed by atoms with Crippen molar-refractivity contribution >= 4 is 5.70 Å². The van der Waals surface area contributed by atoms with Crippen LogP contribution in [0.15, 0.2) is 24.8 Å². The van der Waals surface area contributed by atoms with Crippen molar-refractivity contribution in [1.29, 1.82) is 0 Å². The van der Waals surface area contributed by atoms with Crippen LogP contribution in [0.25, 0.3) is 5.70 Å². The van der Waals surface area contributed by atoms with Crippen LogP contribution in [0, 0.1) is 11.6 Å². The van der Waals surface area contributed by atoms with Gasteiger partial charge in [0.1, 0.15) is 11.6 Å². The Kier molecular flexibility index (Phi) is 2.71. The quantitative estimate of drug-likeness (QED) is 0.723. The van der Waals surface area contributed by atoms with Crippen molar-refractivity contribution in [3.05, 3.63) is 42.0 Å². The molecule has 0 spiro atoms. The number of rotatable bonds is 2. The molecule has 0 atom stereocenters. The summed E-state index contributed by atoms with van der Waals surface area (Å²) in [5, 5.41) is 0. The molecule has 1 aromatic carbocycles. The smallest absolute Gasteiger partial charge is 0.135 e. The lowest BCUT2D eigenvalue weighted by molar-refractivity contribution is 0.480. The van der Waals surface area contributed by atoms with Gasteiger partial charge >= 0.3 is 0 Å². The average Bonchev–Trinajstić information content (AvgIpc) is 2.69. The van der Waals surface area contributed by atoms with Crippen LogP contribution in [0.5, 0.6) is 0 Å². The van der Waals surface area contributed by atoms with E-state index in [0.717, 1.165) is 25.9 Å². The van der Waals surface area contributed by atoms with Crippen LogP contribution >= 0.6 is 0 Å². The minimum absolute atomic E-state index is 0.0133. The predicted molar refractivity (Wildman–Crippen MR) is 56.2 cm³/mol. The second-order valence-electron chi connectivity index (χ2n) is 3.74. The van der Waals surface area contributed by atoms with E-state index in [0.29, 0.717) is 5.70 Å². The van der Waals surface area contributed by atoms with Crippen molar-refractivity contribution < 1.29 is 8.78 Å². The van der Waals surface area contributed by atoms with Crippen molar-refractivity contribution in [1.82, 2.24) is 4.90 Å². The van der Waals surface area contributed by atoms with E-state index in [4.69, 9.17) is 0 Å². The first kappa shape index (κ1) is 10.1. The first-order valence-corrected chi connectivity index (χ1v) is 5.08. The lowest BCUT2D eigenvalue weighted by atomic mass is 10.1. The van der Waals surface area contributed by atoms with E-state index in [9.17, 15) is 8.78 Å². The van der Waals surface area contributed by atoms with E-state index in [2.05, 4.69) is 6.58 Å². The number of hydrogen-bond donors (Lipinski definition) is 0. The molecule has 1 aliphatic rings. The van der Waals surface area contributed by atoms with Gasteiger partial charge in [-0.2, -0.15) is 0 Å². The molecule has 1 aromatic rings. The highest BCUT2D eigenvalue weighted by Gasteiger charge is 2.19. The fraction of sp³-hybridized carbons (Fsp3) is 0.333. The fourth-order valence-corrected chi connectivity index (χ4v) is 1.92. The van der Waals surface area contributed by atoms with E-state index < -0.39 is 11.6 Å². The molecule has 1 saturated heterocycles. The third kappa shape index (κ3) is 1.87. The van der Waals surface area contributed by atoms with Crippen molar-refractivity contribution in [3.8, 4) is 0 Å². The molecule has 0 bridgehead atoms. The van der Waals surface area contributed by atoms with E-state index in [-0.39, 0.29) is 5.56 Å². The first-order valence-electron chi connectivity index (χ1n) is 5.08. The summed E-state index contributed by atoms with van der Waals surface area (Å²) in [6.07, 6.45) is 2.13. The first-order chi connectivity index (χ1) is 7.20. The summed E-state index contributed by atoms with van der Waals surface area (Å²) in [6, 6.07) is 3.89. The molecule has 15 heavy (non-hydrogen) atoms. The van der Waals surface area contributed by atoms with Gasteiger partial charge in [0, 0.05) is 18.8 Å². The molecule has 2 rings (SSSR count). The highest BCUT2D eigenvalue weighted by Crippen LogP contribution is 2.26. The number of likely N-dealkylation sites (tertiary alicyclic amines) is 1. The minimum atomic E-state index is -0.535. The molecule has 80 valence electrons. The predicted octanol–water partition coefficient (Wildman–Crippen LogP) is 3.03. The van der Waals surface area contributed by atoms with Gasteiger partial charge in [0.15, 0.2) is 0 Å². The van der Waals surface area contributed by atoms with E-state index in [1.807, 2.05) is 4.90 Å². The van der Waals surface area contributed by atoms with Gasteiger partial charge < -0.3 is 4.90 Å². The molecule has 0 N–H and O–H groups in total. The maximum atomic E-state index is 13.4. The molecule has 3 heteroatoms. The molecule has 0 radical (unpaired) electrons. The molecule has 1 aliphatic heterocycles. The maximum absolute atomic E-state index is 13.4. The van der Waals surface area contributed by atoms with Gasteiger partial charge in [-0.3, -0.25) is 0 Å². The number of halogens is 2. The zero-order valence-corrected chi connectivity index (χ0v) is 8.47.